The molecule has 2 aromatic rings. The third kappa shape index (κ3) is 3.06. The number of rotatable bonds is 3. The van der Waals surface area contributed by atoms with Crippen LogP contribution in [0, 0.1) is 0 Å². The summed E-state index contributed by atoms with van der Waals surface area (Å²) in [7, 11) is 0. The van der Waals surface area contributed by atoms with E-state index < -0.39 is 11.7 Å². The zero-order valence-electron chi connectivity index (χ0n) is 12.3. The second kappa shape index (κ2) is 5.83. The lowest BCUT2D eigenvalue weighted by atomic mass is 9.91. The van der Waals surface area contributed by atoms with E-state index in [4.69, 9.17) is 0 Å². The fraction of sp³-hybridized carbons (Fsp3) is 0.467. The predicted octanol–water partition coefficient (Wildman–Crippen LogP) is 1.05. The van der Waals surface area contributed by atoms with E-state index in [9.17, 15) is 15.0 Å². The molecule has 7 heteroatoms. The number of amides is 1. The summed E-state index contributed by atoms with van der Waals surface area (Å²) in [5, 5.41) is 23.5. The molecule has 1 aromatic carbocycles. The minimum Gasteiger partial charge on any atom is -0.388 e. The number of thiazole rings is 1. The van der Waals surface area contributed by atoms with E-state index in [2.05, 4.69) is 10.3 Å². The highest BCUT2D eigenvalue weighted by atomic mass is 32.1. The largest absolute Gasteiger partial charge is 0.388 e. The van der Waals surface area contributed by atoms with Gasteiger partial charge in [0, 0.05) is 13.1 Å². The Labute approximate surface area is 132 Å². The molecule has 1 fully saturated rings. The Morgan fingerprint density at radius 3 is 3.05 bits per heavy atom. The van der Waals surface area contributed by atoms with Gasteiger partial charge in [0.25, 0.3) is 0 Å². The number of hydrogen-bond acceptors (Lipinski definition) is 6. The maximum atomic E-state index is 12.2. The van der Waals surface area contributed by atoms with Crippen LogP contribution in [-0.4, -0.2) is 57.3 Å². The summed E-state index contributed by atoms with van der Waals surface area (Å²) in [4.78, 5) is 18.2. The van der Waals surface area contributed by atoms with Gasteiger partial charge in [-0.1, -0.05) is 23.5 Å². The molecule has 1 aliphatic rings. The van der Waals surface area contributed by atoms with E-state index in [1.165, 1.54) is 11.3 Å². The van der Waals surface area contributed by atoms with Crippen molar-refractivity contribution in [1.82, 2.24) is 9.88 Å². The van der Waals surface area contributed by atoms with Crippen molar-refractivity contribution >= 4 is 32.6 Å². The van der Waals surface area contributed by atoms with Gasteiger partial charge in [-0.15, -0.1) is 0 Å². The highest BCUT2D eigenvalue weighted by molar-refractivity contribution is 7.22. The number of aliphatic hydroxyl groups excluding tert-OH is 1. The standard InChI is InChI=1S/C15H19N3O3S/c1-15(21)6-7-18(9-12(15)19)13(20)8-16-14-17-10-4-2-3-5-11(10)22-14/h2-5,12,19,21H,6-9H2,1H3,(H,16,17)/t12-,15+/m0/s1. The number of likely N-dealkylation sites (tertiary alicyclic amines) is 1. The Morgan fingerprint density at radius 1 is 1.55 bits per heavy atom. The molecule has 1 aromatic heterocycles. The number of hydrogen-bond donors (Lipinski definition) is 3. The van der Waals surface area contributed by atoms with Crippen molar-refractivity contribution in [3.05, 3.63) is 24.3 Å². The number of carbonyl (C=O) groups is 1. The van der Waals surface area contributed by atoms with Crippen molar-refractivity contribution in [1.29, 1.82) is 0 Å². The fourth-order valence-corrected chi connectivity index (χ4v) is 3.32. The van der Waals surface area contributed by atoms with E-state index >= 15 is 0 Å². The van der Waals surface area contributed by atoms with Gasteiger partial charge < -0.3 is 20.4 Å². The lowest BCUT2D eigenvalue weighted by molar-refractivity contribution is -0.144. The van der Waals surface area contributed by atoms with Gasteiger partial charge >= 0.3 is 0 Å². The zero-order chi connectivity index (χ0) is 15.7. The Bertz CT molecular complexity index is 652. The lowest BCUT2D eigenvalue weighted by Crippen LogP contribution is -2.56. The van der Waals surface area contributed by atoms with Gasteiger partial charge in [-0.05, 0) is 25.5 Å². The summed E-state index contributed by atoms with van der Waals surface area (Å²) in [6, 6.07) is 7.81. The minimum absolute atomic E-state index is 0.103. The van der Waals surface area contributed by atoms with Crippen LogP contribution in [0.4, 0.5) is 5.13 Å². The monoisotopic (exact) mass is 321 g/mol. The Morgan fingerprint density at radius 2 is 2.32 bits per heavy atom. The third-order valence-electron chi connectivity index (χ3n) is 4.04. The first-order chi connectivity index (χ1) is 10.5. The van der Waals surface area contributed by atoms with Crippen molar-refractivity contribution in [3.63, 3.8) is 0 Å². The van der Waals surface area contributed by atoms with Gasteiger partial charge in [-0.25, -0.2) is 4.98 Å². The average Bonchev–Trinajstić information content (AvgIpc) is 2.90. The maximum Gasteiger partial charge on any atom is 0.242 e. The molecule has 6 nitrogen and oxygen atoms in total. The van der Waals surface area contributed by atoms with Gasteiger partial charge in [0.05, 0.1) is 28.5 Å². The number of nitrogens with one attached hydrogen (secondary N) is 1. The van der Waals surface area contributed by atoms with Crippen LogP contribution < -0.4 is 5.32 Å². The number of carbonyl (C=O) groups excluding carboxylic acids is 1. The van der Waals surface area contributed by atoms with Crippen molar-refractivity contribution in [3.8, 4) is 0 Å². The topological polar surface area (TPSA) is 85.7 Å². The van der Waals surface area contributed by atoms with Gasteiger partial charge in [-0.3, -0.25) is 4.79 Å². The molecule has 0 spiro atoms. The molecule has 22 heavy (non-hydrogen) atoms. The number of benzene rings is 1. The molecule has 0 aliphatic carbocycles. The van der Waals surface area contributed by atoms with E-state index in [1.807, 2.05) is 24.3 Å². The molecule has 3 N–H and O–H groups in total. The number of β-amino-alcohol motifs (C(OH)–C–C–N with tert-alkyl or cyclic N) is 1. The van der Waals surface area contributed by atoms with Crippen LogP contribution >= 0.6 is 11.3 Å². The minimum atomic E-state index is -1.11. The number of fused-ring (bicyclic) bond motifs is 1. The molecule has 2 heterocycles. The Kier molecular flexibility index (Phi) is 4.03. The summed E-state index contributed by atoms with van der Waals surface area (Å²) in [6.07, 6.45) is -0.534. The first kappa shape index (κ1) is 15.2. The van der Waals surface area contributed by atoms with E-state index in [1.54, 1.807) is 11.8 Å². The van der Waals surface area contributed by atoms with E-state index in [0.717, 1.165) is 10.2 Å². The van der Waals surface area contributed by atoms with Gasteiger partial charge in [0.15, 0.2) is 5.13 Å². The number of nitrogens with zero attached hydrogens (tertiary/aromatic N) is 2. The zero-order valence-corrected chi connectivity index (χ0v) is 13.1. The molecule has 0 bridgehead atoms. The summed E-state index contributed by atoms with van der Waals surface area (Å²) >= 11 is 1.50. The molecule has 2 atom stereocenters. The summed E-state index contributed by atoms with van der Waals surface area (Å²) in [5.41, 5.74) is -0.205. The number of anilines is 1. The smallest absolute Gasteiger partial charge is 0.242 e. The van der Waals surface area contributed by atoms with Gasteiger partial charge in [0.2, 0.25) is 5.91 Å². The SMILES string of the molecule is C[C@@]1(O)CCN(C(=O)CNc2nc3ccccc3s2)C[C@@H]1O. The van der Waals surface area contributed by atoms with Crippen molar-refractivity contribution in [2.45, 2.75) is 25.0 Å². The summed E-state index contributed by atoms with van der Waals surface area (Å²) in [6.45, 7) is 2.34. The molecular formula is C15H19N3O3S. The summed E-state index contributed by atoms with van der Waals surface area (Å²) < 4.78 is 1.07. The molecule has 0 unspecified atom stereocenters. The van der Waals surface area contributed by atoms with E-state index in [0.29, 0.717) is 18.1 Å². The summed E-state index contributed by atoms with van der Waals surface area (Å²) in [5.74, 6) is -0.103. The second-order valence-corrected chi connectivity index (χ2v) is 6.83. The third-order valence-corrected chi connectivity index (χ3v) is 5.03. The van der Waals surface area contributed by atoms with Crippen molar-refractivity contribution in [2.24, 2.45) is 0 Å². The van der Waals surface area contributed by atoms with Crippen LogP contribution in [0.5, 0.6) is 0 Å². The van der Waals surface area contributed by atoms with Crippen molar-refractivity contribution < 1.29 is 15.0 Å². The molecule has 118 valence electrons. The molecular weight excluding hydrogens is 302 g/mol. The van der Waals surface area contributed by atoms with E-state index in [-0.39, 0.29) is 19.0 Å². The second-order valence-electron chi connectivity index (χ2n) is 5.80. The molecule has 1 aliphatic heterocycles. The molecule has 0 radical (unpaired) electrons. The highest BCUT2D eigenvalue weighted by Gasteiger charge is 2.37. The average molecular weight is 321 g/mol. The van der Waals surface area contributed by atoms with Crippen LogP contribution in [0.1, 0.15) is 13.3 Å². The van der Waals surface area contributed by atoms with Crippen LogP contribution in [0.3, 0.4) is 0 Å². The van der Waals surface area contributed by atoms with Crippen LogP contribution in [-0.2, 0) is 4.79 Å². The van der Waals surface area contributed by atoms with Crippen LogP contribution in [0.25, 0.3) is 10.2 Å². The van der Waals surface area contributed by atoms with Crippen molar-refractivity contribution in [2.75, 3.05) is 25.0 Å². The van der Waals surface area contributed by atoms with Crippen LogP contribution in [0.2, 0.25) is 0 Å². The molecule has 1 amide bonds. The van der Waals surface area contributed by atoms with Crippen LogP contribution in [0.15, 0.2) is 24.3 Å². The molecule has 0 saturated carbocycles. The number of aliphatic hydroxyl groups is 2. The first-order valence-corrected chi connectivity index (χ1v) is 8.05. The number of para-hydroxylation sites is 1. The molecule has 3 rings (SSSR count). The van der Waals surface area contributed by atoms with Gasteiger partial charge in [0.1, 0.15) is 0 Å². The normalized spacial score (nSPS) is 25.4. The fourth-order valence-electron chi connectivity index (χ4n) is 2.46. The quantitative estimate of drug-likeness (QED) is 0.787. The first-order valence-electron chi connectivity index (χ1n) is 7.23. The Hall–Kier alpha value is -1.70. The molecule has 1 saturated heterocycles. The Balaban J connectivity index is 1.58. The maximum absolute atomic E-state index is 12.2. The number of piperidine rings is 1. The number of aromatic nitrogens is 1. The predicted molar refractivity (Wildman–Crippen MR) is 85.9 cm³/mol. The van der Waals surface area contributed by atoms with Gasteiger partial charge in [-0.2, -0.15) is 0 Å². The highest BCUT2D eigenvalue weighted by Crippen LogP contribution is 2.25. The lowest BCUT2D eigenvalue weighted by Gasteiger charge is -2.39.